The number of imidazole rings is 1. The fraction of sp³-hybridized carbons (Fsp3) is 0.400. The second kappa shape index (κ2) is 10.5. The first-order chi connectivity index (χ1) is 8.83. The molecular formula is C15H25N3. The highest BCUT2D eigenvalue weighted by Gasteiger charge is 2.04. The van der Waals surface area contributed by atoms with Crippen molar-refractivity contribution in [1.29, 1.82) is 0 Å². The molecule has 0 aliphatic carbocycles. The van der Waals surface area contributed by atoms with Gasteiger partial charge in [-0.25, -0.2) is 4.98 Å². The lowest BCUT2D eigenvalue weighted by Crippen LogP contribution is -2.13. The number of nitrogens with zero attached hydrogens (tertiary/aromatic N) is 2. The zero-order valence-electron chi connectivity index (χ0n) is 12.1. The van der Waals surface area contributed by atoms with Crippen LogP contribution < -0.4 is 5.32 Å². The maximum Gasteiger partial charge on any atom is 0.0991 e. The van der Waals surface area contributed by atoms with Gasteiger partial charge >= 0.3 is 0 Å². The average Bonchev–Trinajstić information content (AvgIpc) is 2.93. The van der Waals surface area contributed by atoms with Crippen molar-refractivity contribution in [3.05, 3.63) is 48.6 Å². The van der Waals surface area contributed by atoms with E-state index < -0.39 is 0 Å². The zero-order chi connectivity index (χ0) is 13.8. The van der Waals surface area contributed by atoms with Gasteiger partial charge < -0.3 is 9.88 Å². The molecule has 0 aromatic carbocycles. The molecule has 1 rings (SSSR count). The van der Waals surface area contributed by atoms with Gasteiger partial charge in [-0.2, -0.15) is 0 Å². The molecule has 0 aliphatic rings. The fourth-order valence-electron chi connectivity index (χ4n) is 1.54. The average molecular weight is 247 g/mol. The second-order valence-electron chi connectivity index (χ2n) is 3.39. The van der Waals surface area contributed by atoms with Crippen LogP contribution in [0.1, 0.15) is 27.7 Å². The Morgan fingerprint density at radius 1 is 1.33 bits per heavy atom. The Hall–Kier alpha value is -1.61. The predicted molar refractivity (Wildman–Crippen MR) is 80.3 cm³/mol. The summed E-state index contributed by atoms with van der Waals surface area (Å²) in [6.07, 6.45) is 13.8. The molecule has 1 N–H and O–H groups in total. The minimum absolute atomic E-state index is 0.836. The van der Waals surface area contributed by atoms with Gasteiger partial charge in [0.2, 0.25) is 0 Å². The Bertz CT molecular complexity index is 384. The van der Waals surface area contributed by atoms with Crippen LogP contribution >= 0.6 is 0 Å². The van der Waals surface area contributed by atoms with Crippen molar-refractivity contribution in [1.82, 2.24) is 14.9 Å². The predicted octanol–water partition coefficient (Wildman–Crippen LogP) is 3.49. The van der Waals surface area contributed by atoms with Crippen molar-refractivity contribution in [2.45, 2.75) is 27.7 Å². The third-order valence-corrected chi connectivity index (χ3v) is 2.24. The smallest absolute Gasteiger partial charge is 0.0991 e. The number of nitrogens with one attached hydrogen (secondary N) is 1. The van der Waals surface area contributed by atoms with Crippen LogP contribution in [0.2, 0.25) is 0 Å². The van der Waals surface area contributed by atoms with E-state index in [1.165, 1.54) is 5.57 Å². The van der Waals surface area contributed by atoms with Gasteiger partial charge in [0.05, 0.1) is 6.33 Å². The molecule has 3 heteroatoms. The van der Waals surface area contributed by atoms with E-state index in [0.29, 0.717) is 0 Å². The maximum absolute atomic E-state index is 4.07. The Morgan fingerprint density at radius 2 is 2.06 bits per heavy atom. The van der Waals surface area contributed by atoms with E-state index in [2.05, 4.69) is 22.5 Å². The van der Waals surface area contributed by atoms with Crippen LogP contribution in [-0.4, -0.2) is 23.1 Å². The van der Waals surface area contributed by atoms with E-state index in [0.717, 1.165) is 12.2 Å². The van der Waals surface area contributed by atoms with Crippen LogP contribution in [-0.2, 0) is 0 Å². The van der Waals surface area contributed by atoms with Gasteiger partial charge in [-0.15, -0.1) is 0 Å². The van der Waals surface area contributed by atoms with Gasteiger partial charge in [0.15, 0.2) is 0 Å². The van der Waals surface area contributed by atoms with Crippen LogP contribution in [0.4, 0.5) is 0 Å². The summed E-state index contributed by atoms with van der Waals surface area (Å²) in [7, 11) is 1.95. The number of likely N-dealkylation sites (N-methyl/N-ethyl adjacent to an activating group) is 1. The first-order valence-electron chi connectivity index (χ1n) is 6.45. The van der Waals surface area contributed by atoms with Crippen molar-refractivity contribution < 1.29 is 0 Å². The van der Waals surface area contributed by atoms with E-state index in [9.17, 15) is 0 Å². The second-order valence-corrected chi connectivity index (χ2v) is 3.39. The summed E-state index contributed by atoms with van der Waals surface area (Å²) < 4.78 is 2.02. The van der Waals surface area contributed by atoms with Gasteiger partial charge in [-0.05, 0) is 26.5 Å². The molecule has 1 heterocycles. The lowest BCUT2D eigenvalue weighted by molar-refractivity contribution is 0.884. The summed E-state index contributed by atoms with van der Waals surface area (Å²) in [4.78, 5) is 4.07. The summed E-state index contributed by atoms with van der Waals surface area (Å²) in [5.41, 5.74) is 2.39. The normalized spacial score (nSPS) is 12.5. The summed E-state index contributed by atoms with van der Waals surface area (Å²) in [5, 5.41) is 3.18. The van der Waals surface area contributed by atoms with Gasteiger partial charge in [-0.1, -0.05) is 38.2 Å². The van der Waals surface area contributed by atoms with Crippen molar-refractivity contribution >= 4 is 5.70 Å². The van der Waals surface area contributed by atoms with E-state index in [1.807, 2.05) is 64.0 Å². The minimum Gasteiger partial charge on any atom is -0.316 e. The highest BCUT2D eigenvalue weighted by Crippen LogP contribution is 2.15. The van der Waals surface area contributed by atoms with E-state index in [4.69, 9.17) is 0 Å². The maximum atomic E-state index is 4.07. The zero-order valence-corrected chi connectivity index (χ0v) is 12.1. The van der Waals surface area contributed by atoms with Crippen LogP contribution in [0.15, 0.2) is 48.6 Å². The van der Waals surface area contributed by atoms with Crippen molar-refractivity contribution in [2.75, 3.05) is 13.6 Å². The lowest BCUT2D eigenvalue weighted by Gasteiger charge is -2.12. The molecule has 0 spiro atoms. The number of allylic oxidation sites excluding steroid dienone is 4. The number of aromatic nitrogens is 2. The van der Waals surface area contributed by atoms with E-state index >= 15 is 0 Å². The SMILES string of the molecule is CC.C\C=C/C=C(CNC)\C(=C/C)n1ccnc1. The van der Waals surface area contributed by atoms with E-state index in [1.54, 1.807) is 6.20 Å². The number of hydrogen-bond donors (Lipinski definition) is 1. The Labute approximate surface area is 111 Å². The van der Waals surface area contributed by atoms with Crippen LogP contribution in [0.3, 0.4) is 0 Å². The minimum atomic E-state index is 0.836. The summed E-state index contributed by atoms with van der Waals surface area (Å²) in [6.45, 7) is 8.89. The topological polar surface area (TPSA) is 29.9 Å². The lowest BCUT2D eigenvalue weighted by atomic mass is 10.1. The first kappa shape index (κ1) is 16.4. The van der Waals surface area contributed by atoms with Crippen molar-refractivity contribution in [3.8, 4) is 0 Å². The third-order valence-electron chi connectivity index (χ3n) is 2.24. The van der Waals surface area contributed by atoms with Gasteiger partial charge in [-0.3, -0.25) is 0 Å². The molecule has 0 unspecified atom stereocenters. The van der Waals surface area contributed by atoms with Crippen LogP contribution in [0.25, 0.3) is 5.70 Å². The summed E-state index contributed by atoms with van der Waals surface area (Å²) >= 11 is 0. The number of rotatable bonds is 5. The summed E-state index contributed by atoms with van der Waals surface area (Å²) in [6, 6.07) is 0. The molecule has 0 saturated heterocycles. The van der Waals surface area contributed by atoms with Crippen molar-refractivity contribution in [2.24, 2.45) is 0 Å². The molecule has 1 aromatic heterocycles. The Morgan fingerprint density at radius 3 is 2.50 bits per heavy atom. The molecule has 0 aliphatic heterocycles. The third kappa shape index (κ3) is 5.15. The largest absolute Gasteiger partial charge is 0.316 e. The molecule has 18 heavy (non-hydrogen) atoms. The number of hydrogen-bond acceptors (Lipinski definition) is 2. The Balaban J connectivity index is 0.00000137. The molecule has 0 fully saturated rings. The van der Waals surface area contributed by atoms with E-state index in [-0.39, 0.29) is 0 Å². The molecular weight excluding hydrogens is 222 g/mol. The molecule has 1 aromatic rings. The molecule has 0 saturated carbocycles. The van der Waals surface area contributed by atoms with Crippen molar-refractivity contribution in [3.63, 3.8) is 0 Å². The quantitative estimate of drug-likeness (QED) is 0.807. The molecule has 0 bridgehead atoms. The van der Waals surface area contributed by atoms with Gasteiger partial charge in [0, 0.05) is 24.6 Å². The molecule has 3 nitrogen and oxygen atoms in total. The molecule has 0 atom stereocenters. The Kier molecular flexibility index (Phi) is 9.60. The molecule has 100 valence electrons. The fourth-order valence-corrected chi connectivity index (χ4v) is 1.54. The highest BCUT2D eigenvalue weighted by atomic mass is 15.0. The molecule has 0 amide bonds. The summed E-state index contributed by atoms with van der Waals surface area (Å²) in [5.74, 6) is 0. The highest BCUT2D eigenvalue weighted by molar-refractivity contribution is 5.65. The first-order valence-corrected chi connectivity index (χ1v) is 6.45. The monoisotopic (exact) mass is 247 g/mol. The van der Waals surface area contributed by atoms with Gasteiger partial charge in [0.1, 0.15) is 0 Å². The molecule has 0 radical (unpaired) electrons. The standard InChI is InChI=1S/C13H19N3.C2H6/c1-4-6-7-12(10-14-3)13(5-2)16-9-8-15-11-16;1-2/h4-9,11,14H,10H2,1-3H3;1-2H3/b6-4-,12-7-,13-5+;. The van der Waals surface area contributed by atoms with Gasteiger partial charge in [0.25, 0.3) is 0 Å². The van der Waals surface area contributed by atoms with Crippen LogP contribution in [0, 0.1) is 0 Å². The van der Waals surface area contributed by atoms with Crippen LogP contribution in [0.5, 0.6) is 0 Å².